The van der Waals surface area contributed by atoms with Crippen LogP contribution in [-0.4, -0.2) is 29.6 Å². The first-order valence-electron chi connectivity index (χ1n) is 13.9. The third kappa shape index (κ3) is 8.65. The second-order valence-electron chi connectivity index (χ2n) is 10.3. The number of hydrogen-bond donors (Lipinski definition) is 3. The van der Waals surface area contributed by atoms with Gasteiger partial charge in [0.15, 0.2) is 11.7 Å². The summed E-state index contributed by atoms with van der Waals surface area (Å²) >= 11 is 8.51. The van der Waals surface area contributed by atoms with Gasteiger partial charge in [-0.1, -0.05) is 42.0 Å². The van der Waals surface area contributed by atoms with Gasteiger partial charge < -0.3 is 15.4 Å². The van der Waals surface area contributed by atoms with Crippen LogP contribution in [0.1, 0.15) is 32.6 Å². The number of rotatable bonds is 10. The van der Waals surface area contributed by atoms with E-state index >= 15 is 0 Å². The Balaban J connectivity index is 1.14. The SMILES string of the molecule is Cc1ccc(Nc2nc(-c3ccc(C(=O)N/N=C/c4cc(Br)c(OCC(=O)Nc5cc(C)ccc5C)c(Br)c4)cc3)cs2)cc1. The molecule has 1 heterocycles. The average molecular weight is 748 g/mol. The van der Waals surface area contributed by atoms with Crippen molar-refractivity contribution in [2.24, 2.45) is 5.10 Å². The molecule has 0 bridgehead atoms. The molecular weight excluding hydrogens is 718 g/mol. The highest BCUT2D eigenvalue weighted by Crippen LogP contribution is 2.34. The number of aryl methyl sites for hydroxylation is 3. The Morgan fingerprint density at radius 1 is 0.911 bits per heavy atom. The highest BCUT2D eigenvalue weighted by atomic mass is 79.9. The Morgan fingerprint density at radius 3 is 2.31 bits per heavy atom. The number of halogens is 2. The van der Waals surface area contributed by atoms with Crippen molar-refractivity contribution in [3.63, 3.8) is 0 Å². The molecule has 11 heteroatoms. The number of carbonyl (C=O) groups excluding carboxylic acids is 2. The Labute approximate surface area is 282 Å². The standard InChI is InChI=1S/C34H29Br2N5O3S/c1-20-5-12-26(13-6-20)38-34-40-30(19-45-34)24-8-10-25(11-9-24)33(43)41-37-17-23-15-27(35)32(28(36)16-23)44-18-31(42)39-29-14-21(2)4-7-22(29)3/h4-17,19H,18H2,1-3H3,(H,38,40)(H,39,42)(H,41,43)/b37-17+. The summed E-state index contributed by atoms with van der Waals surface area (Å²) in [4.78, 5) is 29.9. The summed E-state index contributed by atoms with van der Waals surface area (Å²) in [6.07, 6.45) is 1.52. The van der Waals surface area contributed by atoms with Crippen molar-refractivity contribution in [1.82, 2.24) is 10.4 Å². The van der Waals surface area contributed by atoms with Crippen LogP contribution in [0.4, 0.5) is 16.5 Å². The molecular formula is C34H29Br2N5O3S. The minimum absolute atomic E-state index is 0.166. The van der Waals surface area contributed by atoms with Gasteiger partial charge in [-0.15, -0.1) is 11.3 Å². The molecule has 4 aromatic carbocycles. The molecule has 0 fully saturated rings. The minimum Gasteiger partial charge on any atom is -0.481 e. The fourth-order valence-corrected chi connectivity index (χ4v) is 6.42. The fourth-order valence-electron chi connectivity index (χ4n) is 4.23. The van der Waals surface area contributed by atoms with Crippen molar-refractivity contribution in [3.8, 4) is 17.0 Å². The average Bonchev–Trinajstić information content (AvgIpc) is 3.48. The van der Waals surface area contributed by atoms with Gasteiger partial charge in [-0.05, 0) is 112 Å². The number of benzene rings is 4. The third-order valence-corrected chi connectivity index (χ3v) is 8.60. The molecule has 0 saturated carbocycles. The predicted octanol–water partition coefficient (Wildman–Crippen LogP) is 8.79. The van der Waals surface area contributed by atoms with Crippen LogP contribution in [0.2, 0.25) is 0 Å². The molecule has 5 rings (SSSR count). The summed E-state index contributed by atoms with van der Waals surface area (Å²) in [6, 6.07) is 24.8. The number of hydrazone groups is 1. The second kappa shape index (κ2) is 14.6. The van der Waals surface area contributed by atoms with Gasteiger partial charge in [0, 0.05) is 27.9 Å². The maximum Gasteiger partial charge on any atom is 0.271 e. The minimum atomic E-state index is -0.342. The summed E-state index contributed by atoms with van der Waals surface area (Å²) < 4.78 is 7.02. The number of carbonyl (C=O) groups is 2. The largest absolute Gasteiger partial charge is 0.481 e. The summed E-state index contributed by atoms with van der Waals surface area (Å²) in [7, 11) is 0. The topological polar surface area (TPSA) is 105 Å². The van der Waals surface area contributed by atoms with Gasteiger partial charge in [-0.2, -0.15) is 5.10 Å². The lowest BCUT2D eigenvalue weighted by molar-refractivity contribution is -0.118. The first-order valence-corrected chi connectivity index (χ1v) is 16.3. The lowest BCUT2D eigenvalue weighted by Gasteiger charge is -2.13. The zero-order valence-corrected chi connectivity index (χ0v) is 28.6. The molecule has 5 aromatic rings. The molecule has 0 saturated heterocycles. The molecule has 0 atom stereocenters. The lowest BCUT2D eigenvalue weighted by atomic mass is 10.1. The maximum absolute atomic E-state index is 12.7. The molecule has 0 aliphatic carbocycles. The van der Waals surface area contributed by atoms with Gasteiger partial charge in [0.05, 0.1) is 20.9 Å². The normalized spacial score (nSPS) is 11.0. The summed E-state index contributed by atoms with van der Waals surface area (Å²) in [5, 5.41) is 13.1. The van der Waals surface area contributed by atoms with Crippen molar-refractivity contribution in [2.45, 2.75) is 20.8 Å². The van der Waals surface area contributed by atoms with E-state index in [-0.39, 0.29) is 18.4 Å². The van der Waals surface area contributed by atoms with Gasteiger partial charge in [-0.3, -0.25) is 9.59 Å². The number of ether oxygens (including phenoxy) is 1. The van der Waals surface area contributed by atoms with Crippen molar-refractivity contribution in [1.29, 1.82) is 0 Å². The molecule has 0 radical (unpaired) electrons. The first-order chi connectivity index (χ1) is 21.6. The number of hydrogen-bond acceptors (Lipinski definition) is 7. The molecule has 8 nitrogen and oxygen atoms in total. The van der Waals surface area contributed by atoms with Gasteiger partial charge >= 0.3 is 0 Å². The summed E-state index contributed by atoms with van der Waals surface area (Å²) in [6.45, 7) is 5.79. The Morgan fingerprint density at radius 2 is 1.60 bits per heavy atom. The van der Waals surface area contributed by atoms with E-state index in [2.05, 4.69) is 64.9 Å². The van der Waals surface area contributed by atoms with Gasteiger partial charge in [0.2, 0.25) is 0 Å². The number of nitrogens with one attached hydrogen (secondary N) is 3. The second-order valence-corrected chi connectivity index (χ2v) is 12.8. The number of anilines is 3. The van der Waals surface area contributed by atoms with E-state index in [1.54, 1.807) is 24.3 Å². The van der Waals surface area contributed by atoms with Crippen LogP contribution in [0, 0.1) is 20.8 Å². The zero-order valence-electron chi connectivity index (χ0n) is 24.7. The van der Waals surface area contributed by atoms with Crippen LogP contribution in [0.3, 0.4) is 0 Å². The van der Waals surface area contributed by atoms with Gasteiger partial charge in [0.1, 0.15) is 5.75 Å². The van der Waals surface area contributed by atoms with Crippen LogP contribution in [-0.2, 0) is 4.79 Å². The highest BCUT2D eigenvalue weighted by molar-refractivity contribution is 9.11. The predicted molar refractivity (Wildman–Crippen MR) is 189 cm³/mol. The van der Waals surface area contributed by atoms with E-state index in [0.717, 1.165) is 38.9 Å². The van der Waals surface area contributed by atoms with Crippen LogP contribution in [0.5, 0.6) is 5.75 Å². The quantitative estimate of drug-likeness (QED) is 0.0980. The molecule has 45 heavy (non-hydrogen) atoms. The Kier molecular flexibility index (Phi) is 10.4. The highest BCUT2D eigenvalue weighted by Gasteiger charge is 2.13. The lowest BCUT2D eigenvalue weighted by Crippen LogP contribution is -2.21. The van der Waals surface area contributed by atoms with Crippen LogP contribution in [0.15, 0.2) is 98.3 Å². The van der Waals surface area contributed by atoms with E-state index in [4.69, 9.17) is 4.74 Å². The number of amides is 2. The van der Waals surface area contributed by atoms with Gasteiger partial charge in [-0.25, -0.2) is 10.4 Å². The van der Waals surface area contributed by atoms with E-state index in [1.807, 2.05) is 73.8 Å². The summed E-state index contributed by atoms with van der Waals surface area (Å²) in [5.74, 6) is -0.133. The molecule has 0 aliphatic heterocycles. The monoisotopic (exact) mass is 745 g/mol. The van der Waals surface area contributed by atoms with Crippen molar-refractivity contribution in [2.75, 3.05) is 17.2 Å². The van der Waals surface area contributed by atoms with E-state index < -0.39 is 0 Å². The molecule has 0 spiro atoms. The van der Waals surface area contributed by atoms with E-state index in [9.17, 15) is 9.59 Å². The Bertz CT molecular complexity index is 1850. The van der Waals surface area contributed by atoms with E-state index in [0.29, 0.717) is 25.8 Å². The molecule has 3 N–H and O–H groups in total. The molecule has 2 amide bonds. The van der Waals surface area contributed by atoms with Crippen LogP contribution >= 0.6 is 43.2 Å². The van der Waals surface area contributed by atoms with Crippen LogP contribution < -0.4 is 20.8 Å². The zero-order chi connectivity index (χ0) is 31.9. The molecule has 0 aliphatic rings. The van der Waals surface area contributed by atoms with Crippen LogP contribution in [0.25, 0.3) is 11.3 Å². The number of thiazole rings is 1. The molecule has 1 aromatic heterocycles. The fraction of sp³-hybridized carbons (Fsp3) is 0.118. The molecule has 0 unspecified atom stereocenters. The Hall–Kier alpha value is -4.32. The third-order valence-electron chi connectivity index (χ3n) is 6.66. The molecule has 228 valence electrons. The number of nitrogens with zero attached hydrogens (tertiary/aromatic N) is 2. The van der Waals surface area contributed by atoms with Crippen molar-refractivity contribution < 1.29 is 14.3 Å². The first kappa shape index (κ1) is 32.1. The number of aromatic nitrogens is 1. The van der Waals surface area contributed by atoms with Crippen molar-refractivity contribution >= 4 is 77.7 Å². The van der Waals surface area contributed by atoms with Crippen molar-refractivity contribution in [3.05, 3.63) is 121 Å². The summed E-state index contributed by atoms with van der Waals surface area (Å²) in [5.41, 5.74) is 10.4. The van der Waals surface area contributed by atoms with E-state index in [1.165, 1.54) is 23.1 Å². The maximum atomic E-state index is 12.7. The smallest absolute Gasteiger partial charge is 0.271 e. The van der Waals surface area contributed by atoms with Gasteiger partial charge in [0.25, 0.3) is 11.8 Å².